The van der Waals surface area contributed by atoms with Gasteiger partial charge in [0.15, 0.2) is 5.69 Å². The fourth-order valence-electron chi connectivity index (χ4n) is 3.14. The van der Waals surface area contributed by atoms with Crippen molar-refractivity contribution in [1.82, 2.24) is 20.0 Å². The number of carbonyl (C=O) groups excluding carboxylic acids is 1. The Morgan fingerprint density at radius 2 is 2.13 bits per heavy atom. The molecule has 120 valence electrons. The Labute approximate surface area is 140 Å². The molecule has 6 heteroatoms. The van der Waals surface area contributed by atoms with Crippen LogP contribution >= 0.6 is 11.6 Å². The van der Waals surface area contributed by atoms with Crippen LogP contribution in [0.2, 0.25) is 5.02 Å². The van der Waals surface area contributed by atoms with Crippen molar-refractivity contribution in [3.63, 3.8) is 0 Å². The van der Waals surface area contributed by atoms with Gasteiger partial charge in [0.1, 0.15) is 0 Å². The van der Waals surface area contributed by atoms with Gasteiger partial charge in [0.25, 0.3) is 5.91 Å². The summed E-state index contributed by atoms with van der Waals surface area (Å²) in [6, 6.07) is 10.1. The van der Waals surface area contributed by atoms with E-state index in [4.69, 9.17) is 11.6 Å². The minimum absolute atomic E-state index is 0.103. The van der Waals surface area contributed by atoms with Gasteiger partial charge in [-0.1, -0.05) is 17.7 Å². The molecule has 4 rings (SSSR count). The van der Waals surface area contributed by atoms with E-state index >= 15 is 0 Å². The number of carbonyl (C=O) groups is 1. The van der Waals surface area contributed by atoms with Gasteiger partial charge in [0.05, 0.1) is 5.69 Å². The number of rotatable bonds is 4. The van der Waals surface area contributed by atoms with Crippen LogP contribution in [0.25, 0.3) is 5.69 Å². The van der Waals surface area contributed by atoms with E-state index in [1.807, 2.05) is 24.3 Å². The third kappa shape index (κ3) is 3.26. The molecule has 0 bridgehead atoms. The van der Waals surface area contributed by atoms with E-state index in [0.29, 0.717) is 10.7 Å². The van der Waals surface area contributed by atoms with Crippen molar-refractivity contribution in [2.45, 2.75) is 31.3 Å². The molecule has 1 aliphatic carbocycles. The topological polar surface area (TPSA) is 50.2 Å². The number of hydrogen-bond donors (Lipinski definition) is 1. The number of aromatic nitrogens is 2. The summed E-state index contributed by atoms with van der Waals surface area (Å²) in [4.78, 5) is 14.9. The summed E-state index contributed by atoms with van der Waals surface area (Å²) in [5.41, 5.74) is 1.28. The Balaban J connectivity index is 1.41. The molecule has 5 nitrogen and oxygen atoms in total. The highest BCUT2D eigenvalue weighted by Crippen LogP contribution is 2.29. The summed E-state index contributed by atoms with van der Waals surface area (Å²) in [6.07, 6.45) is 5.43. The molecule has 23 heavy (non-hydrogen) atoms. The number of likely N-dealkylation sites (tertiary alicyclic amines) is 1. The molecule has 1 saturated heterocycles. The highest BCUT2D eigenvalue weighted by Gasteiger charge is 2.34. The molecule has 0 spiro atoms. The molecule has 1 aliphatic heterocycles. The molecule has 1 aromatic heterocycles. The number of amides is 1. The molecule has 2 aliphatic rings. The first-order valence-electron chi connectivity index (χ1n) is 8.05. The van der Waals surface area contributed by atoms with E-state index in [2.05, 4.69) is 15.3 Å². The second kappa shape index (κ2) is 5.98. The second-order valence-corrected chi connectivity index (χ2v) is 6.75. The zero-order valence-corrected chi connectivity index (χ0v) is 13.5. The average Bonchev–Trinajstić information content (AvgIpc) is 3.09. The van der Waals surface area contributed by atoms with Crippen molar-refractivity contribution in [2.24, 2.45) is 0 Å². The van der Waals surface area contributed by atoms with Gasteiger partial charge in [-0.25, -0.2) is 4.68 Å². The van der Waals surface area contributed by atoms with Gasteiger partial charge < -0.3 is 5.32 Å². The van der Waals surface area contributed by atoms with Crippen molar-refractivity contribution in [3.8, 4) is 5.69 Å². The molecule has 1 N–H and O–H groups in total. The fourth-order valence-corrected chi connectivity index (χ4v) is 3.33. The maximum absolute atomic E-state index is 12.4. The van der Waals surface area contributed by atoms with E-state index in [-0.39, 0.29) is 11.9 Å². The van der Waals surface area contributed by atoms with Crippen molar-refractivity contribution in [1.29, 1.82) is 0 Å². The van der Waals surface area contributed by atoms with Gasteiger partial charge in [-0.15, -0.1) is 0 Å². The van der Waals surface area contributed by atoms with Crippen LogP contribution in [0.3, 0.4) is 0 Å². The molecule has 1 saturated carbocycles. The van der Waals surface area contributed by atoms with Crippen LogP contribution in [-0.2, 0) is 0 Å². The highest BCUT2D eigenvalue weighted by molar-refractivity contribution is 6.30. The van der Waals surface area contributed by atoms with E-state index in [0.717, 1.165) is 31.2 Å². The number of nitrogens with zero attached hydrogens (tertiary/aromatic N) is 3. The average molecular weight is 331 g/mol. The van der Waals surface area contributed by atoms with Crippen LogP contribution < -0.4 is 5.32 Å². The molecular weight excluding hydrogens is 312 g/mol. The second-order valence-electron chi connectivity index (χ2n) is 6.31. The van der Waals surface area contributed by atoms with Gasteiger partial charge in [-0.05, 0) is 43.5 Å². The predicted molar refractivity (Wildman–Crippen MR) is 89.0 cm³/mol. The van der Waals surface area contributed by atoms with Crippen LogP contribution in [0.4, 0.5) is 0 Å². The first kappa shape index (κ1) is 14.7. The van der Waals surface area contributed by atoms with Crippen molar-refractivity contribution < 1.29 is 4.79 Å². The standard InChI is InChI=1S/C17H19ClN4O/c18-12-2-1-3-15(10-12)22-9-7-16(20-22)17(23)19-13-6-8-21(11-13)14-4-5-14/h1-3,7,9-10,13-14H,4-6,8,11H2,(H,19,23)/t13-/m0/s1. The smallest absolute Gasteiger partial charge is 0.272 e. The lowest BCUT2D eigenvalue weighted by molar-refractivity contribution is 0.0932. The van der Waals surface area contributed by atoms with Gasteiger partial charge in [0, 0.05) is 36.4 Å². The molecule has 1 amide bonds. The third-order valence-corrected chi connectivity index (χ3v) is 4.75. The van der Waals surface area contributed by atoms with E-state index in [1.54, 1.807) is 16.9 Å². The van der Waals surface area contributed by atoms with E-state index < -0.39 is 0 Å². The zero-order chi connectivity index (χ0) is 15.8. The summed E-state index contributed by atoms with van der Waals surface area (Å²) in [5.74, 6) is -0.103. The monoisotopic (exact) mass is 330 g/mol. The number of benzene rings is 1. The zero-order valence-electron chi connectivity index (χ0n) is 12.8. The fraction of sp³-hybridized carbons (Fsp3) is 0.412. The number of halogens is 1. The summed E-state index contributed by atoms with van der Waals surface area (Å²) in [6.45, 7) is 2.05. The lowest BCUT2D eigenvalue weighted by Crippen LogP contribution is -2.37. The van der Waals surface area contributed by atoms with Crippen LogP contribution in [0, 0.1) is 0 Å². The molecular formula is C17H19ClN4O. The Kier molecular flexibility index (Phi) is 3.83. The largest absolute Gasteiger partial charge is 0.347 e. The lowest BCUT2D eigenvalue weighted by Gasteiger charge is -2.15. The normalized spacial score (nSPS) is 21.5. The number of hydrogen-bond acceptors (Lipinski definition) is 3. The minimum Gasteiger partial charge on any atom is -0.347 e. The molecule has 2 heterocycles. The quantitative estimate of drug-likeness (QED) is 0.937. The first-order chi connectivity index (χ1) is 11.2. The van der Waals surface area contributed by atoms with Crippen LogP contribution in [-0.4, -0.2) is 45.8 Å². The van der Waals surface area contributed by atoms with E-state index in [1.165, 1.54) is 12.8 Å². The van der Waals surface area contributed by atoms with Gasteiger partial charge in [-0.3, -0.25) is 9.69 Å². The van der Waals surface area contributed by atoms with Gasteiger partial charge in [-0.2, -0.15) is 5.10 Å². The van der Waals surface area contributed by atoms with Crippen LogP contribution in [0.15, 0.2) is 36.5 Å². The Morgan fingerprint density at radius 1 is 1.26 bits per heavy atom. The first-order valence-corrected chi connectivity index (χ1v) is 8.43. The maximum Gasteiger partial charge on any atom is 0.272 e. The summed E-state index contributed by atoms with van der Waals surface area (Å²) < 4.78 is 1.67. The molecule has 2 fully saturated rings. The minimum atomic E-state index is -0.103. The molecule has 1 aromatic carbocycles. The van der Waals surface area contributed by atoms with Crippen LogP contribution in [0.1, 0.15) is 29.8 Å². The van der Waals surface area contributed by atoms with Gasteiger partial charge >= 0.3 is 0 Å². The highest BCUT2D eigenvalue weighted by atomic mass is 35.5. The number of nitrogens with one attached hydrogen (secondary N) is 1. The predicted octanol–water partition coefficient (Wildman–Crippen LogP) is 2.49. The van der Waals surface area contributed by atoms with Crippen molar-refractivity contribution in [2.75, 3.05) is 13.1 Å². The maximum atomic E-state index is 12.4. The molecule has 0 radical (unpaired) electrons. The Morgan fingerprint density at radius 3 is 2.91 bits per heavy atom. The van der Waals surface area contributed by atoms with Crippen LogP contribution in [0.5, 0.6) is 0 Å². The van der Waals surface area contributed by atoms with E-state index in [9.17, 15) is 4.79 Å². The molecule has 1 atom stereocenters. The summed E-state index contributed by atoms with van der Waals surface area (Å²) in [5, 5.41) is 8.11. The molecule has 2 aromatic rings. The van der Waals surface area contributed by atoms with Crippen molar-refractivity contribution >= 4 is 17.5 Å². The summed E-state index contributed by atoms with van der Waals surface area (Å²) >= 11 is 6.00. The summed E-state index contributed by atoms with van der Waals surface area (Å²) in [7, 11) is 0. The lowest BCUT2D eigenvalue weighted by atomic mass is 10.2. The molecule has 0 unspecified atom stereocenters. The van der Waals surface area contributed by atoms with Gasteiger partial charge in [0.2, 0.25) is 0 Å². The Hall–Kier alpha value is -1.85. The van der Waals surface area contributed by atoms with Crippen molar-refractivity contribution in [3.05, 3.63) is 47.2 Å². The Bertz CT molecular complexity index is 725. The SMILES string of the molecule is O=C(N[C@H]1CCN(C2CC2)C1)c1ccn(-c2cccc(Cl)c2)n1. The third-order valence-electron chi connectivity index (χ3n) is 4.51.